The SMILES string of the molecule is O=C(COc1ccc(F)c(Cl)c1)N1CCN(c2ncccn2)CC1. The van der Waals surface area contributed by atoms with Gasteiger partial charge in [0.05, 0.1) is 5.02 Å². The number of benzene rings is 1. The van der Waals surface area contributed by atoms with Crippen LogP contribution in [0.3, 0.4) is 0 Å². The number of carbonyl (C=O) groups is 1. The average molecular weight is 351 g/mol. The first-order chi connectivity index (χ1) is 11.6. The van der Waals surface area contributed by atoms with Crippen molar-refractivity contribution >= 4 is 23.5 Å². The quantitative estimate of drug-likeness (QED) is 0.844. The maximum atomic E-state index is 13.1. The Kier molecular flexibility index (Phi) is 5.10. The summed E-state index contributed by atoms with van der Waals surface area (Å²) in [4.78, 5) is 24.4. The Morgan fingerprint density at radius 2 is 1.92 bits per heavy atom. The van der Waals surface area contributed by atoms with Gasteiger partial charge in [0.15, 0.2) is 6.61 Å². The highest BCUT2D eigenvalue weighted by Crippen LogP contribution is 2.21. The van der Waals surface area contributed by atoms with E-state index in [9.17, 15) is 9.18 Å². The number of hydrogen-bond acceptors (Lipinski definition) is 5. The van der Waals surface area contributed by atoms with Gasteiger partial charge in [0, 0.05) is 44.6 Å². The van der Waals surface area contributed by atoms with Crippen LogP contribution in [0.4, 0.5) is 10.3 Å². The summed E-state index contributed by atoms with van der Waals surface area (Å²) in [7, 11) is 0. The minimum Gasteiger partial charge on any atom is -0.484 e. The molecular formula is C16H16ClFN4O2. The van der Waals surface area contributed by atoms with E-state index in [1.54, 1.807) is 23.4 Å². The van der Waals surface area contributed by atoms with Gasteiger partial charge < -0.3 is 14.5 Å². The van der Waals surface area contributed by atoms with Gasteiger partial charge in [-0.05, 0) is 18.2 Å². The molecule has 0 unspecified atom stereocenters. The minimum atomic E-state index is -0.519. The topological polar surface area (TPSA) is 58.6 Å². The second-order valence-electron chi connectivity index (χ2n) is 5.28. The smallest absolute Gasteiger partial charge is 0.260 e. The van der Waals surface area contributed by atoms with Crippen molar-refractivity contribution in [3.05, 3.63) is 47.5 Å². The molecule has 0 bridgehead atoms. The fourth-order valence-corrected chi connectivity index (χ4v) is 2.58. The van der Waals surface area contributed by atoms with Crippen molar-refractivity contribution in [2.45, 2.75) is 0 Å². The Labute approximate surface area is 143 Å². The normalized spacial score (nSPS) is 14.6. The highest BCUT2D eigenvalue weighted by atomic mass is 35.5. The van der Waals surface area contributed by atoms with Gasteiger partial charge in [0.2, 0.25) is 5.95 Å². The van der Waals surface area contributed by atoms with Crippen molar-refractivity contribution in [3.63, 3.8) is 0 Å². The lowest BCUT2D eigenvalue weighted by Gasteiger charge is -2.34. The second kappa shape index (κ2) is 7.44. The second-order valence-corrected chi connectivity index (χ2v) is 5.69. The third-order valence-electron chi connectivity index (χ3n) is 3.72. The van der Waals surface area contributed by atoms with Gasteiger partial charge in [-0.25, -0.2) is 14.4 Å². The van der Waals surface area contributed by atoms with Crippen molar-refractivity contribution < 1.29 is 13.9 Å². The first-order valence-electron chi connectivity index (χ1n) is 7.51. The van der Waals surface area contributed by atoms with E-state index >= 15 is 0 Å². The van der Waals surface area contributed by atoms with Crippen LogP contribution in [-0.4, -0.2) is 53.6 Å². The molecule has 1 aliphatic heterocycles. The number of carbonyl (C=O) groups excluding carboxylic acids is 1. The predicted octanol–water partition coefficient (Wildman–Crippen LogP) is 2.00. The van der Waals surface area contributed by atoms with Crippen molar-refractivity contribution in [3.8, 4) is 5.75 Å². The van der Waals surface area contributed by atoms with Crippen LogP contribution in [0.2, 0.25) is 5.02 Å². The zero-order valence-electron chi connectivity index (χ0n) is 12.9. The zero-order valence-corrected chi connectivity index (χ0v) is 13.6. The molecule has 6 nitrogen and oxygen atoms in total. The predicted molar refractivity (Wildman–Crippen MR) is 87.7 cm³/mol. The van der Waals surface area contributed by atoms with E-state index in [4.69, 9.17) is 16.3 Å². The summed E-state index contributed by atoms with van der Waals surface area (Å²) in [5, 5.41) is -0.0311. The first-order valence-corrected chi connectivity index (χ1v) is 7.89. The van der Waals surface area contributed by atoms with Gasteiger partial charge in [-0.15, -0.1) is 0 Å². The number of piperazine rings is 1. The summed E-state index contributed by atoms with van der Waals surface area (Å²) in [5.74, 6) is 0.395. The van der Waals surface area contributed by atoms with Crippen LogP contribution in [0.5, 0.6) is 5.75 Å². The lowest BCUT2D eigenvalue weighted by Crippen LogP contribution is -2.50. The molecule has 126 valence electrons. The van der Waals surface area contributed by atoms with E-state index in [0.717, 1.165) is 0 Å². The van der Waals surface area contributed by atoms with Gasteiger partial charge in [-0.3, -0.25) is 4.79 Å². The molecule has 0 saturated carbocycles. The highest BCUT2D eigenvalue weighted by Gasteiger charge is 2.22. The third kappa shape index (κ3) is 3.91. The largest absolute Gasteiger partial charge is 0.484 e. The molecule has 0 N–H and O–H groups in total. The highest BCUT2D eigenvalue weighted by molar-refractivity contribution is 6.30. The van der Waals surface area contributed by atoms with Crippen molar-refractivity contribution in [2.24, 2.45) is 0 Å². The molecule has 8 heteroatoms. The number of anilines is 1. The van der Waals surface area contributed by atoms with E-state index in [-0.39, 0.29) is 17.5 Å². The Morgan fingerprint density at radius 1 is 1.21 bits per heavy atom. The van der Waals surface area contributed by atoms with Gasteiger partial charge >= 0.3 is 0 Å². The molecule has 1 saturated heterocycles. The van der Waals surface area contributed by atoms with Gasteiger partial charge in [-0.1, -0.05) is 11.6 Å². The molecular weight excluding hydrogens is 335 g/mol. The molecule has 1 amide bonds. The maximum Gasteiger partial charge on any atom is 0.260 e. The first kappa shape index (κ1) is 16.4. The lowest BCUT2D eigenvalue weighted by molar-refractivity contribution is -0.133. The number of aromatic nitrogens is 2. The summed E-state index contributed by atoms with van der Waals surface area (Å²) in [5.41, 5.74) is 0. The summed E-state index contributed by atoms with van der Waals surface area (Å²) in [6.45, 7) is 2.37. The lowest BCUT2D eigenvalue weighted by atomic mass is 10.3. The molecule has 1 aromatic carbocycles. The van der Waals surface area contributed by atoms with Crippen LogP contribution in [0.1, 0.15) is 0 Å². The van der Waals surface area contributed by atoms with E-state index in [0.29, 0.717) is 37.9 Å². The fourth-order valence-electron chi connectivity index (χ4n) is 2.41. The number of ether oxygens (including phenoxy) is 1. The third-order valence-corrected chi connectivity index (χ3v) is 4.01. The monoisotopic (exact) mass is 350 g/mol. The van der Waals surface area contributed by atoms with Crippen molar-refractivity contribution in [2.75, 3.05) is 37.7 Å². The number of rotatable bonds is 4. The van der Waals surface area contributed by atoms with E-state index in [2.05, 4.69) is 9.97 Å². The average Bonchev–Trinajstić information content (AvgIpc) is 2.63. The number of hydrogen-bond donors (Lipinski definition) is 0. The molecule has 1 fully saturated rings. The van der Waals surface area contributed by atoms with E-state index < -0.39 is 5.82 Å². The fraction of sp³-hybridized carbons (Fsp3) is 0.312. The Bertz CT molecular complexity index is 708. The molecule has 2 heterocycles. The summed E-state index contributed by atoms with van der Waals surface area (Å²) in [6, 6.07) is 5.77. The van der Waals surface area contributed by atoms with Gasteiger partial charge in [0.1, 0.15) is 11.6 Å². The minimum absolute atomic E-state index is 0.0311. The summed E-state index contributed by atoms with van der Waals surface area (Å²) in [6.07, 6.45) is 3.39. The molecule has 24 heavy (non-hydrogen) atoms. The number of amides is 1. The number of nitrogens with zero attached hydrogens (tertiary/aromatic N) is 4. The van der Waals surface area contributed by atoms with Crippen LogP contribution in [0.15, 0.2) is 36.7 Å². The maximum absolute atomic E-state index is 13.1. The van der Waals surface area contributed by atoms with Crippen molar-refractivity contribution in [1.82, 2.24) is 14.9 Å². The Morgan fingerprint density at radius 3 is 2.58 bits per heavy atom. The standard InChI is InChI=1S/C16H16ClFN4O2/c17-13-10-12(2-3-14(13)18)24-11-15(23)21-6-8-22(9-7-21)16-19-4-1-5-20-16/h1-5,10H,6-9,11H2. The summed E-state index contributed by atoms with van der Waals surface area (Å²) < 4.78 is 18.5. The van der Waals surface area contributed by atoms with Gasteiger partial charge in [-0.2, -0.15) is 0 Å². The van der Waals surface area contributed by atoms with Crippen LogP contribution in [-0.2, 0) is 4.79 Å². The molecule has 0 atom stereocenters. The van der Waals surface area contributed by atoms with Crippen LogP contribution in [0, 0.1) is 5.82 Å². The molecule has 0 spiro atoms. The molecule has 2 aromatic rings. The van der Waals surface area contributed by atoms with Crippen LogP contribution in [0.25, 0.3) is 0 Å². The van der Waals surface area contributed by atoms with Crippen molar-refractivity contribution in [1.29, 1.82) is 0 Å². The van der Waals surface area contributed by atoms with Crippen LogP contribution >= 0.6 is 11.6 Å². The molecule has 3 rings (SSSR count). The molecule has 1 aromatic heterocycles. The zero-order chi connectivity index (χ0) is 16.9. The molecule has 0 radical (unpaired) electrons. The Balaban J connectivity index is 1.49. The van der Waals surface area contributed by atoms with Crippen LogP contribution < -0.4 is 9.64 Å². The van der Waals surface area contributed by atoms with Gasteiger partial charge in [0.25, 0.3) is 5.91 Å². The molecule has 0 aliphatic carbocycles. The molecule has 1 aliphatic rings. The Hall–Kier alpha value is -2.41. The van der Waals surface area contributed by atoms with E-state index in [1.165, 1.54) is 18.2 Å². The number of halogens is 2. The van der Waals surface area contributed by atoms with E-state index in [1.807, 2.05) is 4.90 Å². The summed E-state index contributed by atoms with van der Waals surface area (Å²) >= 11 is 5.68.